The number of carbonyl (C=O) groups excluding carboxylic acids is 1. The summed E-state index contributed by atoms with van der Waals surface area (Å²) in [6.07, 6.45) is 0. The summed E-state index contributed by atoms with van der Waals surface area (Å²) >= 11 is 1.39. The van der Waals surface area contributed by atoms with Gasteiger partial charge in [-0.15, -0.1) is 11.3 Å². The van der Waals surface area contributed by atoms with E-state index in [2.05, 4.69) is 0 Å². The molecule has 3 nitrogen and oxygen atoms in total. The van der Waals surface area contributed by atoms with Gasteiger partial charge in [-0.3, -0.25) is 0 Å². The van der Waals surface area contributed by atoms with E-state index in [9.17, 15) is 4.79 Å². The van der Waals surface area contributed by atoms with Gasteiger partial charge >= 0.3 is 5.97 Å². The predicted octanol–water partition coefficient (Wildman–Crippen LogP) is 3.30. The van der Waals surface area contributed by atoms with Crippen molar-refractivity contribution in [2.45, 2.75) is 0 Å². The van der Waals surface area contributed by atoms with Gasteiger partial charge in [-0.2, -0.15) is 0 Å². The molecule has 88 valence electrons. The molecule has 0 saturated carbocycles. The molecule has 0 bridgehead atoms. The minimum atomic E-state index is -0.294. The molecular formula is C13H13NO2S. The highest BCUT2D eigenvalue weighted by Crippen LogP contribution is 2.31. The molecule has 0 aliphatic rings. The number of esters is 1. The second-order valence-corrected chi connectivity index (χ2v) is 4.44. The maximum atomic E-state index is 11.6. The van der Waals surface area contributed by atoms with Crippen molar-refractivity contribution in [3.8, 4) is 0 Å². The fourth-order valence-electron chi connectivity index (χ4n) is 1.60. The fraction of sp³-hybridized carbons (Fsp3) is 0.154. The highest BCUT2D eigenvalue weighted by atomic mass is 32.1. The van der Waals surface area contributed by atoms with Crippen LogP contribution in [0.5, 0.6) is 0 Å². The number of nitrogens with zero attached hydrogens (tertiary/aromatic N) is 1. The molecule has 1 heterocycles. The average molecular weight is 247 g/mol. The van der Waals surface area contributed by atoms with E-state index in [1.807, 2.05) is 53.7 Å². The van der Waals surface area contributed by atoms with E-state index in [4.69, 9.17) is 4.74 Å². The van der Waals surface area contributed by atoms with E-state index in [0.717, 1.165) is 11.4 Å². The van der Waals surface area contributed by atoms with E-state index in [1.54, 1.807) is 0 Å². The van der Waals surface area contributed by atoms with Crippen molar-refractivity contribution >= 4 is 28.7 Å². The van der Waals surface area contributed by atoms with E-state index in [-0.39, 0.29) is 5.97 Å². The van der Waals surface area contributed by atoms with Gasteiger partial charge in [0.05, 0.1) is 12.8 Å². The third-order valence-electron chi connectivity index (χ3n) is 2.52. The Bertz CT molecular complexity index is 507. The standard InChI is InChI=1S/C13H13NO2S/c1-14(10-6-4-3-5-7-10)11-8-9-17-12(11)13(15)16-2/h3-9H,1-2H3. The molecule has 0 N–H and O–H groups in total. The van der Waals surface area contributed by atoms with Crippen molar-refractivity contribution in [2.75, 3.05) is 19.1 Å². The molecule has 1 aromatic carbocycles. The first-order valence-corrected chi connectivity index (χ1v) is 6.06. The Morgan fingerprint density at radius 3 is 2.59 bits per heavy atom. The number of ether oxygens (including phenoxy) is 1. The fourth-order valence-corrected chi connectivity index (χ4v) is 2.44. The van der Waals surface area contributed by atoms with E-state index >= 15 is 0 Å². The molecule has 0 fully saturated rings. The van der Waals surface area contributed by atoms with Gasteiger partial charge in [0.15, 0.2) is 0 Å². The van der Waals surface area contributed by atoms with Crippen LogP contribution in [0.3, 0.4) is 0 Å². The second kappa shape index (κ2) is 5.01. The monoisotopic (exact) mass is 247 g/mol. The molecule has 0 saturated heterocycles. The SMILES string of the molecule is COC(=O)c1sccc1N(C)c1ccccc1. The van der Waals surface area contributed by atoms with Crippen LogP contribution in [0.1, 0.15) is 9.67 Å². The molecule has 0 aliphatic heterocycles. The van der Waals surface area contributed by atoms with Crippen molar-refractivity contribution in [1.29, 1.82) is 0 Å². The van der Waals surface area contributed by atoms with E-state index in [0.29, 0.717) is 4.88 Å². The van der Waals surface area contributed by atoms with Crippen molar-refractivity contribution in [3.63, 3.8) is 0 Å². The number of methoxy groups -OCH3 is 1. The van der Waals surface area contributed by atoms with Crippen LogP contribution < -0.4 is 4.90 Å². The van der Waals surface area contributed by atoms with Gasteiger partial charge in [0, 0.05) is 12.7 Å². The van der Waals surface area contributed by atoms with Crippen LogP contribution in [0.4, 0.5) is 11.4 Å². The number of carbonyl (C=O) groups is 1. The van der Waals surface area contributed by atoms with Crippen LogP contribution in [0.25, 0.3) is 0 Å². The molecule has 17 heavy (non-hydrogen) atoms. The van der Waals surface area contributed by atoms with Crippen LogP contribution in [0, 0.1) is 0 Å². The maximum absolute atomic E-state index is 11.6. The van der Waals surface area contributed by atoms with Gasteiger partial charge in [-0.1, -0.05) is 18.2 Å². The van der Waals surface area contributed by atoms with Gasteiger partial charge in [0.1, 0.15) is 4.88 Å². The predicted molar refractivity (Wildman–Crippen MR) is 70.2 cm³/mol. The van der Waals surface area contributed by atoms with Crippen LogP contribution in [-0.2, 0) is 4.74 Å². The third kappa shape index (κ3) is 2.31. The Hall–Kier alpha value is -1.81. The Morgan fingerprint density at radius 2 is 1.94 bits per heavy atom. The lowest BCUT2D eigenvalue weighted by Gasteiger charge is -2.19. The number of benzene rings is 1. The van der Waals surface area contributed by atoms with Crippen molar-refractivity contribution in [3.05, 3.63) is 46.7 Å². The summed E-state index contributed by atoms with van der Waals surface area (Å²) in [6, 6.07) is 11.8. The van der Waals surface area contributed by atoms with Crippen molar-refractivity contribution < 1.29 is 9.53 Å². The molecule has 2 rings (SSSR count). The lowest BCUT2D eigenvalue weighted by atomic mass is 10.2. The number of hydrogen-bond acceptors (Lipinski definition) is 4. The molecule has 4 heteroatoms. The molecule has 1 aromatic heterocycles. The lowest BCUT2D eigenvalue weighted by Crippen LogP contribution is -2.12. The Balaban J connectivity index is 2.35. The largest absolute Gasteiger partial charge is 0.465 e. The van der Waals surface area contributed by atoms with Crippen LogP contribution in [0.2, 0.25) is 0 Å². The summed E-state index contributed by atoms with van der Waals surface area (Å²) in [5, 5.41) is 1.89. The topological polar surface area (TPSA) is 29.5 Å². The smallest absolute Gasteiger partial charge is 0.350 e. The number of rotatable bonds is 3. The van der Waals surface area contributed by atoms with Gasteiger partial charge in [-0.25, -0.2) is 4.79 Å². The first kappa shape index (κ1) is 11.7. The third-order valence-corrected chi connectivity index (χ3v) is 3.40. The molecule has 0 amide bonds. The van der Waals surface area contributed by atoms with Gasteiger partial charge in [0.25, 0.3) is 0 Å². The van der Waals surface area contributed by atoms with Gasteiger partial charge < -0.3 is 9.64 Å². The molecular weight excluding hydrogens is 234 g/mol. The number of thiophene rings is 1. The molecule has 0 radical (unpaired) electrons. The summed E-state index contributed by atoms with van der Waals surface area (Å²) in [4.78, 5) is 14.2. The summed E-state index contributed by atoms with van der Waals surface area (Å²) in [5.41, 5.74) is 1.91. The Kier molecular flexibility index (Phi) is 3.44. The zero-order valence-corrected chi connectivity index (χ0v) is 10.5. The molecule has 0 spiro atoms. The zero-order valence-electron chi connectivity index (χ0n) is 9.71. The Morgan fingerprint density at radius 1 is 1.24 bits per heavy atom. The highest BCUT2D eigenvalue weighted by Gasteiger charge is 2.17. The Labute approximate surface area is 104 Å². The zero-order chi connectivity index (χ0) is 12.3. The number of anilines is 2. The highest BCUT2D eigenvalue weighted by molar-refractivity contribution is 7.12. The van der Waals surface area contributed by atoms with Crippen LogP contribution >= 0.6 is 11.3 Å². The summed E-state index contributed by atoms with van der Waals surface area (Å²) in [6.45, 7) is 0. The van der Waals surface area contributed by atoms with Gasteiger partial charge in [0.2, 0.25) is 0 Å². The number of hydrogen-bond donors (Lipinski definition) is 0. The molecule has 0 atom stereocenters. The normalized spacial score (nSPS) is 10.0. The maximum Gasteiger partial charge on any atom is 0.350 e. The summed E-state index contributed by atoms with van der Waals surface area (Å²) in [7, 11) is 3.33. The minimum absolute atomic E-state index is 0.294. The lowest BCUT2D eigenvalue weighted by molar-refractivity contribution is 0.0607. The first-order chi connectivity index (χ1) is 8.24. The van der Waals surface area contributed by atoms with Crippen LogP contribution in [0.15, 0.2) is 41.8 Å². The summed E-state index contributed by atoms with van der Waals surface area (Å²) < 4.78 is 4.77. The molecule has 2 aromatic rings. The summed E-state index contributed by atoms with van der Waals surface area (Å²) in [5.74, 6) is -0.294. The molecule has 0 unspecified atom stereocenters. The van der Waals surface area contributed by atoms with E-state index < -0.39 is 0 Å². The van der Waals surface area contributed by atoms with E-state index in [1.165, 1.54) is 18.4 Å². The minimum Gasteiger partial charge on any atom is -0.465 e. The van der Waals surface area contributed by atoms with Crippen LogP contribution in [-0.4, -0.2) is 20.1 Å². The quantitative estimate of drug-likeness (QED) is 0.779. The van der Waals surface area contributed by atoms with Crippen molar-refractivity contribution in [2.24, 2.45) is 0 Å². The van der Waals surface area contributed by atoms with Gasteiger partial charge in [-0.05, 0) is 23.6 Å². The van der Waals surface area contributed by atoms with Crippen molar-refractivity contribution in [1.82, 2.24) is 0 Å². The average Bonchev–Trinajstić information content (AvgIpc) is 2.87. The second-order valence-electron chi connectivity index (χ2n) is 3.52. The molecule has 0 aliphatic carbocycles. The first-order valence-electron chi connectivity index (χ1n) is 5.18. The number of para-hydroxylation sites is 1.